The fraction of sp³-hybridized carbons (Fsp3) is 0. The summed E-state index contributed by atoms with van der Waals surface area (Å²) >= 11 is 4.73. The van der Waals surface area contributed by atoms with Crippen LogP contribution in [0.25, 0.3) is 5.82 Å². The molecule has 0 saturated heterocycles. The van der Waals surface area contributed by atoms with Crippen molar-refractivity contribution in [1.82, 2.24) is 24.7 Å². The fourth-order valence-corrected chi connectivity index (χ4v) is 0.989. The Bertz CT molecular complexity index is 450. The standard InChI is InChI=1S/C7H6N6S/c8-6(14)7-11-4-13(12-7)5-3-9-1-2-10-5/h1-4H,(H2,8,14). The summed E-state index contributed by atoms with van der Waals surface area (Å²) in [6.45, 7) is 0. The van der Waals surface area contributed by atoms with E-state index in [0.717, 1.165) is 0 Å². The zero-order valence-corrected chi connectivity index (χ0v) is 7.85. The zero-order chi connectivity index (χ0) is 9.97. The summed E-state index contributed by atoms with van der Waals surface area (Å²) in [6, 6.07) is 0. The van der Waals surface area contributed by atoms with Gasteiger partial charge in [0.25, 0.3) is 0 Å². The van der Waals surface area contributed by atoms with Gasteiger partial charge in [0.2, 0.25) is 5.82 Å². The lowest BCUT2D eigenvalue weighted by Gasteiger charge is -1.95. The van der Waals surface area contributed by atoms with E-state index in [1.54, 1.807) is 18.6 Å². The second-order valence-electron chi connectivity index (χ2n) is 2.44. The molecule has 0 aliphatic heterocycles. The van der Waals surface area contributed by atoms with Crippen molar-refractivity contribution in [1.29, 1.82) is 0 Å². The molecule has 70 valence electrons. The molecule has 2 rings (SSSR count). The fourth-order valence-electron chi connectivity index (χ4n) is 0.896. The molecular formula is C7H6N6S. The molecule has 0 aromatic carbocycles. The van der Waals surface area contributed by atoms with E-state index in [9.17, 15) is 0 Å². The Morgan fingerprint density at radius 2 is 2.21 bits per heavy atom. The van der Waals surface area contributed by atoms with Crippen LogP contribution in [0.3, 0.4) is 0 Å². The van der Waals surface area contributed by atoms with E-state index < -0.39 is 0 Å². The number of nitrogens with zero attached hydrogens (tertiary/aromatic N) is 5. The Balaban J connectivity index is 2.39. The number of rotatable bonds is 2. The summed E-state index contributed by atoms with van der Waals surface area (Å²) in [5.74, 6) is 0.896. The highest BCUT2D eigenvalue weighted by Gasteiger charge is 2.04. The molecule has 2 heterocycles. The van der Waals surface area contributed by atoms with Crippen LogP contribution in [0.15, 0.2) is 24.9 Å². The van der Waals surface area contributed by atoms with Crippen LogP contribution < -0.4 is 5.73 Å². The molecule has 2 aromatic rings. The molecule has 0 bridgehead atoms. The third-order valence-electron chi connectivity index (χ3n) is 1.50. The first-order chi connectivity index (χ1) is 6.77. The summed E-state index contributed by atoms with van der Waals surface area (Å²) < 4.78 is 1.46. The molecule has 0 fully saturated rings. The SMILES string of the molecule is NC(=S)c1ncn(-c2cnccn2)n1. The van der Waals surface area contributed by atoms with Crippen molar-refractivity contribution >= 4 is 17.2 Å². The van der Waals surface area contributed by atoms with Gasteiger partial charge in [-0.05, 0) is 0 Å². The molecule has 0 spiro atoms. The highest BCUT2D eigenvalue weighted by molar-refractivity contribution is 7.80. The van der Waals surface area contributed by atoms with Crippen LogP contribution >= 0.6 is 12.2 Å². The van der Waals surface area contributed by atoms with Crippen molar-refractivity contribution in [2.45, 2.75) is 0 Å². The lowest BCUT2D eigenvalue weighted by molar-refractivity contribution is 0.833. The second kappa shape index (κ2) is 3.46. The van der Waals surface area contributed by atoms with Crippen molar-refractivity contribution in [2.24, 2.45) is 5.73 Å². The van der Waals surface area contributed by atoms with E-state index in [0.29, 0.717) is 11.6 Å². The molecule has 0 atom stereocenters. The maximum absolute atomic E-state index is 5.36. The van der Waals surface area contributed by atoms with Gasteiger partial charge in [-0.1, -0.05) is 12.2 Å². The number of nitrogens with two attached hydrogens (primary N) is 1. The van der Waals surface area contributed by atoms with E-state index in [1.165, 1.54) is 11.0 Å². The summed E-state index contributed by atoms with van der Waals surface area (Å²) in [5.41, 5.74) is 5.36. The highest BCUT2D eigenvalue weighted by Crippen LogP contribution is 1.98. The minimum absolute atomic E-state index is 0.160. The number of hydrogen-bond donors (Lipinski definition) is 1. The first-order valence-electron chi connectivity index (χ1n) is 3.75. The van der Waals surface area contributed by atoms with Crippen LogP contribution in [-0.4, -0.2) is 29.7 Å². The minimum Gasteiger partial charge on any atom is -0.387 e. The first kappa shape index (κ1) is 8.70. The van der Waals surface area contributed by atoms with Crippen LogP contribution in [0.1, 0.15) is 5.82 Å². The van der Waals surface area contributed by atoms with E-state index in [2.05, 4.69) is 20.1 Å². The smallest absolute Gasteiger partial charge is 0.208 e. The van der Waals surface area contributed by atoms with Gasteiger partial charge < -0.3 is 5.73 Å². The summed E-state index contributed by atoms with van der Waals surface area (Å²) in [4.78, 5) is 12.0. The van der Waals surface area contributed by atoms with Gasteiger partial charge in [0.15, 0.2) is 5.82 Å². The van der Waals surface area contributed by atoms with Gasteiger partial charge in [0.05, 0.1) is 6.20 Å². The number of thiocarbonyl (C=S) groups is 1. The van der Waals surface area contributed by atoms with Crippen LogP contribution in [-0.2, 0) is 0 Å². The molecule has 0 aliphatic rings. The molecule has 7 heteroatoms. The van der Waals surface area contributed by atoms with Crippen molar-refractivity contribution in [3.8, 4) is 5.82 Å². The van der Waals surface area contributed by atoms with Gasteiger partial charge in [-0.2, -0.15) is 0 Å². The molecule has 6 nitrogen and oxygen atoms in total. The van der Waals surface area contributed by atoms with Crippen molar-refractivity contribution in [3.63, 3.8) is 0 Å². The molecule has 0 aliphatic carbocycles. The second-order valence-corrected chi connectivity index (χ2v) is 2.88. The highest BCUT2D eigenvalue weighted by atomic mass is 32.1. The van der Waals surface area contributed by atoms with Gasteiger partial charge in [-0.25, -0.2) is 14.6 Å². The molecule has 0 unspecified atom stereocenters. The molecule has 2 N–H and O–H groups in total. The Labute approximate surface area is 84.8 Å². The van der Waals surface area contributed by atoms with Gasteiger partial charge in [-0.15, -0.1) is 5.10 Å². The monoisotopic (exact) mass is 206 g/mol. The maximum Gasteiger partial charge on any atom is 0.208 e. The summed E-state index contributed by atoms with van der Waals surface area (Å²) in [6.07, 6.45) is 6.20. The van der Waals surface area contributed by atoms with E-state index in [4.69, 9.17) is 18.0 Å². The van der Waals surface area contributed by atoms with Gasteiger partial charge in [0.1, 0.15) is 11.3 Å². The third-order valence-corrected chi connectivity index (χ3v) is 1.68. The number of hydrogen-bond acceptors (Lipinski definition) is 5. The van der Waals surface area contributed by atoms with Crippen molar-refractivity contribution < 1.29 is 0 Å². The van der Waals surface area contributed by atoms with Crippen LogP contribution in [0.5, 0.6) is 0 Å². The molecule has 0 saturated carbocycles. The summed E-state index contributed by atoms with van der Waals surface area (Å²) in [7, 11) is 0. The Hall–Kier alpha value is -1.89. The average molecular weight is 206 g/mol. The van der Waals surface area contributed by atoms with E-state index in [1.807, 2.05) is 0 Å². The topological polar surface area (TPSA) is 82.5 Å². The zero-order valence-electron chi connectivity index (χ0n) is 7.03. The van der Waals surface area contributed by atoms with Crippen LogP contribution in [0.4, 0.5) is 0 Å². The normalized spacial score (nSPS) is 10.0. The van der Waals surface area contributed by atoms with Gasteiger partial charge in [-0.3, -0.25) is 4.98 Å². The average Bonchev–Trinajstić information content (AvgIpc) is 2.68. The van der Waals surface area contributed by atoms with Crippen molar-refractivity contribution in [2.75, 3.05) is 0 Å². The third kappa shape index (κ3) is 1.57. The summed E-state index contributed by atoms with van der Waals surface area (Å²) in [5, 5.41) is 4.02. The van der Waals surface area contributed by atoms with Crippen LogP contribution in [0, 0.1) is 0 Å². The predicted octanol–water partition coefficient (Wildman–Crippen LogP) is -0.309. The Kier molecular flexibility index (Phi) is 2.15. The maximum atomic E-state index is 5.36. The first-order valence-corrected chi connectivity index (χ1v) is 4.16. The molecule has 0 radical (unpaired) electrons. The lowest BCUT2D eigenvalue weighted by atomic mass is 10.6. The molecule has 2 aromatic heterocycles. The van der Waals surface area contributed by atoms with Gasteiger partial charge in [0, 0.05) is 12.4 Å². The van der Waals surface area contributed by atoms with E-state index in [-0.39, 0.29) is 4.99 Å². The Morgan fingerprint density at radius 1 is 1.36 bits per heavy atom. The quantitative estimate of drug-likeness (QED) is 0.679. The van der Waals surface area contributed by atoms with E-state index >= 15 is 0 Å². The predicted molar refractivity (Wildman–Crippen MR) is 52.8 cm³/mol. The lowest BCUT2D eigenvalue weighted by Crippen LogP contribution is -2.12. The van der Waals surface area contributed by atoms with Crippen molar-refractivity contribution in [3.05, 3.63) is 30.7 Å². The Morgan fingerprint density at radius 3 is 2.79 bits per heavy atom. The minimum atomic E-state index is 0.160. The molecule has 0 amide bonds. The number of aromatic nitrogens is 5. The largest absolute Gasteiger partial charge is 0.387 e. The van der Waals surface area contributed by atoms with Crippen LogP contribution in [0.2, 0.25) is 0 Å². The van der Waals surface area contributed by atoms with Gasteiger partial charge >= 0.3 is 0 Å². The molecular weight excluding hydrogens is 200 g/mol. The molecule has 14 heavy (non-hydrogen) atoms.